The van der Waals surface area contributed by atoms with Crippen molar-refractivity contribution in [3.8, 4) is 0 Å². The van der Waals surface area contributed by atoms with E-state index in [1.165, 1.54) is 7.11 Å². The third-order valence-corrected chi connectivity index (χ3v) is 4.22. The summed E-state index contributed by atoms with van der Waals surface area (Å²) in [7, 11) is 1.40. The minimum Gasteiger partial charge on any atom is -0.468 e. The lowest BCUT2D eigenvalue weighted by molar-refractivity contribution is -0.150. The largest absolute Gasteiger partial charge is 0.468 e. The minimum absolute atomic E-state index is 0.0757. The number of esters is 1. The molecule has 1 aromatic heterocycles. The van der Waals surface area contributed by atoms with Crippen molar-refractivity contribution in [2.45, 2.75) is 25.7 Å². The van der Waals surface area contributed by atoms with E-state index in [1.807, 2.05) is 18.2 Å². The predicted octanol–water partition coefficient (Wildman–Crippen LogP) is 2.91. The average molecular weight is 272 g/mol. The first-order valence-corrected chi connectivity index (χ1v) is 6.73. The van der Waals surface area contributed by atoms with Crippen molar-refractivity contribution in [1.82, 2.24) is 0 Å². The fourth-order valence-corrected chi connectivity index (χ4v) is 3.19. The highest BCUT2D eigenvalue weighted by Crippen LogP contribution is 2.52. The molecular weight excluding hydrogens is 256 g/mol. The molecule has 0 aromatic carbocycles. The van der Waals surface area contributed by atoms with Gasteiger partial charge in [0.05, 0.1) is 18.8 Å². The van der Waals surface area contributed by atoms with E-state index in [-0.39, 0.29) is 11.8 Å². The molecule has 1 unspecified atom stereocenters. The van der Waals surface area contributed by atoms with E-state index in [1.54, 1.807) is 12.3 Å². The first-order chi connectivity index (χ1) is 9.65. The Bertz CT molecular complexity index is 606. The zero-order valence-electron chi connectivity index (χ0n) is 11.3. The van der Waals surface area contributed by atoms with Crippen molar-refractivity contribution < 1.29 is 18.7 Å². The number of ketones is 1. The van der Waals surface area contributed by atoms with Gasteiger partial charge < -0.3 is 9.15 Å². The van der Waals surface area contributed by atoms with Gasteiger partial charge in [-0.2, -0.15) is 0 Å². The highest BCUT2D eigenvalue weighted by molar-refractivity contribution is 5.97. The van der Waals surface area contributed by atoms with Crippen LogP contribution in [0.25, 0.3) is 6.08 Å². The third-order valence-electron chi connectivity index (χ3n) is 4.22. The Morgan fingerprint density at radius 3 is 2.90 bits per heavy atom. The summed E-state index contributed by atoms with van der Waals surface area (Å²) in [5.74, 6) is 0.574. The van der Waals surface area contributed by atoms with E-state index in [0.29, 0.717) is 19.3 Å². The molecule has 1 heterocycles. The Hall–Kier alpha value is -2.10. The highest BCUT2D eigenvalue weighted by atomic mass is 16.5. The number of carbonyl (C=O) groups excluding carboxylic acids is 2. The fraction of sp³-hybridized carbons (Fsp3) is 0.375. The van der Waals surface area contributed by atoms with Gasteiger partial charge in [-0.05, 0) is 54.7 Å². The highest BCUT2D eigenvalue weighted by Gasteiger charge is 2.50. The summed E-state index contributed by atoms with van der Waals surface area (Å²) in [6, 6.07) is 3.67. The smallest absolute Gasteiger partial charge is 0.316 e. The topological polar surface area (TPSA) is 56.5 Å². The summed E-state index contributed by atoms with van der Waals surface area (Å²) < 4.78 is 10.3. The third kappa shape index (κ3) is 1.92. The van der Waals surface area contributed by atoms with Crippen LogP contribution >= 0.6 is 0 Å². The summed E-state index contributed by atoms with van der Waals surface area (Å²) in [4.78, 5) is 23.9. The van der Waals surface area contributed by atoms with Crippen molar-refractivity contribution in [2.75, 3.05) is 7.11 Å². The second-order valence-electron chi connectivity index (χ2n) is 5.28. The Morgan fingerprint density at radius 2 is 2.20 bits per heavy atom. The average Bonchev–Trinajstić information content (AvgIpc) is 3.08. The van der Waals surface area contributed by atoms with Crippen LogP contribution in [0.2, 0.25) is 0 Å². The van der Waals surface area contributed by atoms with Gasteiger partial charge in [-0.15, -0.1) is 0 Å². The van der Waals surface area contributed by atoms with Crippen LogP contribution in [-0.2, 0) is 14.3 Å². The summed E-state index contributed by atoms with van der Waals surface area (Å²) in [6.07, 6.45) is 7.54. The van der Waals surface area contributed by atoms with Gasteiger partial charge in [0.15, 0.2) is 5.78 Å². The number of ether oxygens (including phenoxy) is 1. The molecule has 2 aliphatic carbocycles. The van der Waals surface area contributed by atoms with E-state index in [0.717, 1.165) is 23.3 Å². The Kier molecular flexibility index (Phi) is 3.08. The molecule has 20 heavy (non-hydrogen) atoms. The van der Waals surface area contributed by atoms with Crippen molar-refractivity contribution in [2.24, 2.45) is 5.41 Å². The number of fused-ring (bicyclic) bond motifs is 1. The molecule has 0 bridgehead atoms. The van der Waals surface area contributed by atoms with Gasteiger partial charge in [0.2, 0.25) is 0 Å². The Balaban J connectivity index is 2.05. The molecule has 1 aromatic rings. The lowest BCUT2D eigenvalue weighted by atomic mass is 9.73. The molecule has 2 aliphatic rings. The number of carbonyl (C=O) groups is 2. The van der Waals surface area contributed by atoms with Gasteiger partial charge in [0.1, 0.15) is 5.76 Å². The van der Waals surface area contributed by atoms with E-state index in [2.05, 4.69) is 0 Å². The van der Waals surface area contributed by atoms with E-state index in [9.17, 15) is 9.59 Å². The maximum absolute atomic E-state index is 12.2. The molecule has 0 amide bonds. The molecule has 0 radical (unpaired) electrons. The monoisotopic (exact) mass is 272 g/mol. The lowest BCUT2D eigenvalue weighted by Crippen LogP contribution is -2.34. The first-order valence-electron chi connectivity index (χ1n) is 6.73. The molecule has 4 nitrogen and oxygen atoms in total. The van der Waals surface area contributed by atoms with E-state index < -0.39 is 5.41 Å². The number of hydrogen-bond acceptors (Lipinski definition) is 4. The number of hydrogen-bond donors (Lipinski definition) is 0. The molecule has 1 atom stereocenters. The van der Waals surface area contributed by atoms with E-state index >= 15 is 0 Å². The Morgan fingerprint density at radius 1 is 1.40 bits per heavy atom. The summed E-state index contributed by atoms with van der Waals surface area (Å²) in [5.41, 5.74) is 1.18. The maximum Gasteiger partial charge on any atom is 0.316 e. The molecule has 3 rings (SSSR count). The quantitative estimate of drug-likeness (QED) is 0.777. The van der Waals surface area contributed by atoms with Crippen molar-refractivity contribution in [1.29, 1.82) is 0 Å². The first kappa shape index (κ1) is 12.9. The van der Waals surface area contributed by atoms with Crippen LogP contribution in [0.1, 0.15) is 31.4 Å². The molecule has 0 aliphatic heterocycles. The normalized spacial score (nSPS) is 27.4. The van der Waals surface area contributed by atoms with Crippen molar-refractivity contribution >= 4 is 17.8 Å². The molecule has 104 valence electrons. The molecule has 0 N–H and O–H groups in total. The van der Waals surface area contributed by atoms with Gasteiger partial charge in [-0.1, -0.05) is 0 Å². The SMILES string of the molecule is COC(=O)C12CCC(=O)C=C1/C(=C/c1ccco1)CC2. The zero-order chi connectivity index (χ0) is 14.2. The van der Waals surface area contributed by atoms with Crippen LogP contribution in [0.5, 0.6) is 0 Å². The standard InChI is InChI=1S/C16H16O4/c1-19-15(18)16-6-4-11(9-13-3-2-8-20-13)14(16)10-12(17)5-7-16/h2-3,8-10H,4-7H2,1H3/b11-9+. The lowest BCUT2D eigenvalue weighted by Gasteiger charge is -2.30. The predicted molar refractivity (Wildman–Crippen MR) is 72.7 cm³/mol. The number of allylic oxidation sites excluding steroid dienone is 2. The second-order valence-corrected chi connectivity index (χ2v) is 5.28. The molecule has 4 heteroatoms. The van der Waals surface area contributed by atoms with Crippen LogP contribution in [-0.4, -0.2) is 18.9 Å². The number of methoxy groups -OCH3 is 1. The van der Waals surface area contributed by atoms with Gasteiger partial charge >= 0.3 is 5.97 Å². The van der Waals surface area contributed by atoms with Gasteiger partial charge in [-0.3, -0.25) is 9.59 Å². The zero-order valence-corrected chi connectivity index (χ0v) is 11.3. The van der Waals surface area contributed by atoms with Gasteiger partial charge in [-0.25, -0.2) is 0 Å². The number of furan rings is 1. The van der Waals surface area contributed by atoms with Crippen LogP contribution < -0.4 is 0 Å². The minimum atomic E-state index is -0.638. The fourth-order valence-electron chi connectivity index (χ4n) is 3.19. The van der Waals surface area contributed by atoms with E-state index in [4.69, 9.17) is 9.15 Å². The molecule has 1 fully saturated rings. The van der Waals surface area contributed by atoms with Crippen molar-refractivity contribution in [3.63, 3.8) is 0 Å². The van der Waals surface area contributed by atoms with Crippen LogP contribution in [0, 0.1) is 5.41 Å². The van der Waals surface area contributed by atoms with Crippen molar-refractivity contribution in [3.05, 3.63) is 41.4 Å². The molecular formula is C16H16O4. The summed E-state index contributed by atoms with van der Waals surface area (Å²) >= 11 is 0. The van der Waals surface area contributed by atoms with Crippen LogP contribution in [0.4, 0.5) is 0 Å². The summed E-state index contributed by atoms with van der Waals surface area (Å²) in [6.45, 7) is 0. The second kappa shape index (κ2) is 4.78. The number of rotatable bonds is 2. The van der Waals surface area contributed by atoms with Crippen LogP contribution in [0.15, 0.2) is 40.0 Å². The molecule has 0 spiro atoms. The maximum atomic E-state index is 12.2. The molecule has 0 saturated heterocycles. The molecule has 1 saturated carbocycles. The summed E-state index contributed by atoms with van der Waals surface area (Å²) in [5, 5.41) is 0. The van der Waals surface area contributed by atoms with Gasteiger partial charge in [0, 0.05) is 6.42 Å². The van der Waals surface area contributed by atoms with Gasteiger partial charge in [0.25, 0.3) is 0 Å². The Labute approximate surface area is 117 Å². The van der Waals surface area contributed by atoms with Crippen LogP contribution in [0.3, 0.4) is 0 Å².